The van der Waals surface area contributed by atoms with Crippen molar-refractivity contribution < 1.29 is 14.3 Å². The normalized spacial score (nSPS) is 24.6. The zero-order valence-corrected chi connectivity index (χ0v) is 16.0. The van der Waals surface area contributed by atoms with Gasteiger partial charge in [0.2, 0.25) is 0 Å². The van der Waals surface area contributed by atoms with Gasteiger partial charge in [-0.05, 0) is 70.5 Å². The van der Waals surface area contributed by atoms with E-state index in [0.29, 0.717) is 0 Å². The van der Waals surface area contributed by atoms with Gasteiger partial charge in [0.1, 0.15) is 5.60 Å². The number of hydrogen-bond acceptors (Lipinski definition) is 4. The van der Waals surface area contributed by atoms with Crippen molar-refractivity contribution in [2.45, 2.75) is 57.6 Å². The quantitative estimate of drug-likeness (QED) is 0.848. The van der Waals surface area contributed by atoms with E-state index in [1.165, 1.54) is 5.56 Å². The molecule has 0 bridgehead atoms. The van der Waals surface area contributed by atoms with Crippen LogP contribution >= 0.6 is 0 Å². The summed E-state index contributed by atoms with van der Waals surface area (Å²) in [5.41, 5.74) is 0.644. The Morgan fingerprint density at radius 1 is 1.15 bits per heavy atom. The summed E-state index contributed by atoms with van der Waals surface area (Å²) < 4.78 is 5.40. The summed E-state index contributed by atoms with van der Waals surface area (Å²) in [5.74, 6) is 0.630. The molecule has 1 aromatic carbocycles. The molecule has 2 aliphatic rings. The Labute approximate surface area is 155 Å². The van der Waals surface area contributed by atoms with Crippen LogP contribution in [0.2, 0.25) is 0 Å². The maximum Gasteiger partial charge on any atom is 0.408 e. The smallest absolute Gasteiger partial charge is 0.408 e. The van der Waals surface area contributed by atoms with Crippen molar-refractivity contribution in [3.05, 3.63) is 35.9 Å². The summed E-state index contributed by atoms with van der Waals surface area (Å²) in [4.78, 5) is 25.5. The molecule has 3 unspecified atom stereocenters. The molecular weight excluding hydrogens is 328 g/mol. The summed E-state index contributed by atoms with van der Waals surface area (Å²) in [6, 6.07) is 9.73. The number of amides is 1. The van der Waals surface area contributed by atoms with Crippen molar-refractivity contribution in [3.8, 4) is 0 Å². The second-order valence-corrected chi connectivity index (χ2v) is 8.47. The number of alkyl carbamates (subject to hydrolysis) is 1. The lowest BCUT2D eigenvalue weighted by Crippen LogP contribution is -2.50. The second kappa shape index (κ2) is 7.78. The Morgan fingerprint density at radius 3 is 2.42 bits per heavy atom. The van der Waals surface area contributed by atoms with Gasteiger partial charge in [-0.25, -0.2) is 4.79 Å². The van der Waals surface area contributed by atoms with Crippen molar-refractivity contribution in [1.29, 1.82) is 0 Å². The summed E-state index contributed by atoms with van der Waals surface area (Å²) in [6.07, 6.45) is 2.18. The van der Waals surface area contributed by atoms with E-state index in [2.05, 4.69) is 22.8 Å². The lowest BCUT2D eigenvalue weighted by atomic mass is 9.86. The van der Waals surface area contributed by atoms with Gasteiger partial charge in [-0.1, -0.05) is 30.3 Å². The number of carbonyl (C=O) groups excluding carboxylic acids is 2. The number of piperidine rings is 1. The third-order valence-electron chi connectivity index (χ3n) is 5.22. The Kier molecular flexibility index (Phi) is 5.66. The summed E-state index contributed by atoms with van der Waals surface area (Å²) >= 11 is 0. The molecule has 3 atom stereocenters. The molecule has 1 amide bonds. The third-order valence-corrected chi connectivity index (χ3v) is 5.22. The van der Waals surface area contributed by atoms with E-state index in [4.69, 9.17) is 4.74 Å². The Balaban J connectivity index is 1.69. The molecule has 1 aliphatic carbocycles. The molecule has 5 nitrogen and oxygen atoms in total. The molecule has 1 aliphatic heterocycles. The monoisotopic (exact) mass is 358 g/mol. The maximum absolute atomic E-state index is 13.2. The zero-order chi connectivity index (χ0) is 18.7. The number of nitrogens with one attached hydrogen (secondary N) is 2. The molecule has 1 saturated heterocycles. The van der Waals surface area contributed by atoms with Crippen LogP contribution < -0.4 is 10.6 Å². The van der Waals surface area contributed by atoms with Gasteiger partial charge in [0.15, 0.2) is 5.78 Å². The summed E-state index contributed by atoms with van der Waals surface area (Å²) in [6.45, 7) is 7.27. The van der Waals surface area contributed by atoms with Gasteiger partial charge in [-0.15, -0.1) is 0 Å². The Morgan fingerprint density at radius 2 is 1.81 bits per heavy atom. The van der Waals surface area contributed by atoms with Crippen molar-refractivity contribution >= 4 is 11.9 Å². The maximum atomic E-state index is 13.2. The molecule has 1 aromatic rings. The van der Waals surface area contributed by atoms with E-state index in [1.54, 1.807) is 0 Å². The van der Waals surface area contributed by atoms with E-state index in [-0.39, 0.29) is 23.5 Å². The first-order valence-electron chi connectivity index (χ1n) is 9.64. The predicted molar refractivity (Wildman–Crippen MR) is 101 cm³/mol. The highest BCUT2D eigenvalue weighted by Crippen LogP contribution is 2.49. The fourth-order valence-corrected chi connectivity index (χ4v) is 3.84. The number of ether oxygens (including phenoxy) is 1. The largest absolute Gasteiger partial charge is 0.444 e. The molecule has 0 spiro atoms. The molecular formula is C21H30N2O3. The number of hydrogen-bond donors (Lipinski definition) is 2. The minimum atomic E-state index is -0.571. The number of carbonyl (C=O) groups is 2. The highest BCUT2D eigenvalue weighted by atomic mass is 16.6. The standard InChI is InChI=1S/C21H30N2O3/c1-21(2,3)26-20(25)23-18(15-9-11-22-12-10-15)19(24)17-13-16(17)14-7-5-4-6-8-14/h4-8,15-18,22H,9-13H2,1-3H3,(H,23,25). The van der Waals surface area contributed by atoms with Gasteiger partial charge < -0.3 is 15.4 Å². The SMILES string of the molecule is CC(C)(C)OC(=O)NC(C(=O)C1CC1c1ccccc1)C1CCNCC1. The van der Waals surface area contributed by atoms with Gasteiger partial charge in [0.25, 0.3) is 0 Å². The average molecular weight is 358 g/mol. The van der Waals surface area contributed by atoms with Crippen LogP contribution in [0, 0.1) is 11.8 Å². The summed E-state index contributed by atoms with van der Waals surface area (Å²) in [5, 5.41) is 6.22. The van der Waals surface area contributed by atoms with Crippen LogP contribution in [0.3, 0.4) is 0 Å². The van der Waals surface area contributed by atoms with Gasteiger partial charge in [-0.3, -0.25) is 4.79 Å². The van der Waals surface area contributed by atoms with Gasteiger partial charge in [0, 0.05) is 5.92 Å². The third kappa shape index (κ3) is 4.85. The first kappa shape index (κ1) is 18.9. The van der Waals surface area contributed by atoms with Crippen molar-refractivity contribution in [2.24, 2.45) is 11.8 Å². The number of ketones is 1. The zero-order valence-electron chi connectivity index (χ0n) is 16.0. The van der Waals surface area contributed by atoms with Crippen LogP contribution in [0.15, 0.2) is 30.3 Å². The van der Waals surface area contributed by atoms with Gasteiger partial charge in [0.05, 0.1) is 6.04 Å². The van der Waals surface area contributed by atoms with E-state index >= 15 is 0 Å². The van der Waals surface area contributed by atoms with Gasteiger partial charge >= 0.3 is 6.09 Å². The average Bonchev–Trinajstić information content (AvgIpc) is 3.40. The summed E-state index contributed by atoms with van der Waals surface area (Å²) in [7, 11) is 0. The predicted octanol–water partition coefficient (Wildman–Crippen LogP) is 3.25. The van der Waals surface area contributed by atoms with E-state index in [0.717, 1.165) is 32.4 Å². The lowest BCUT2D eigenvalue weighted by Gasteiger charge is -2.31. The number of Topliss-reactive ketones (excluding diaryl/α,β-unsaturated/α-hetero) is 1. The lowest BCUT2D eigenvalue weighted by molar-refractivity contribution is -0.124. The molecule has 1 heterocycles. The number of rotatable bonds is 5. The first-order chi connectivity index (χ1) is 12.3. The Bertz CT molecular complexity index is 632. The van der Waals surface area contributed by atoms with Crippen molar-refractivity contribution in [1.82, 2.24) is 10.6 Å². The molecule has 1 saturated carbocycles. The molecule has 142 valence electrons. The number of benzene rings is 1. The molecule has 5 heteroatoms. The van der Waals surface area contributed by atoms with E-state index < -0.39 is 17.7 Å². The van der Waals surface area contributed by atoms with Crippen LogP contribution in [0.4, 0.5) is 4.79 Å². The van der Waals surface area contributed by atoms with Crippen LogP contribution in [-0.2, 0) is 9.53 Å². The van der Waals surface area contributed by atoms with Crippen molar-refractivity contribution in [2.75, 3.05) is 13.1 Å². The van der Waals surface area contributed by atoms with Crippen LogP contribution in [-0.4, -0.2) is 36.6 Å². The van der Waals surface area contributed by atoms with Crippen LogP contribution in [0.25, 0.3) is 0 Å². The molecule has 0 aromatic heterocycles. The van der Waals surface area contributed by atoms with Crippen molar-refractivity contribution in [3.63, 3.8) is 0 Å². The molecule has 2 N–H and O–H groups in total. The molecule has 0 radical (unpaired) electrons. The minimum absolute atomic E-state index is 0.00669. The first-order valence-corrected chi connectivity index (χ1v) is 9.64. The van der Waals surface area contributed by atoms with E-state index in [9.17, 15) is 9.59 Å². The molecule has 3 rings (SSSR count). The second-order valence-electron chi connectivity index (χ2n) is 8.47. The topological polar surface area (TPSA) is 67.4 Å². The van der Waals surface area contributed by atoms with Crippen LogP contribution in [0.1, 0.15) is 51.5 Å². The Hall–Kier alpha value is -1.88. The minimum Gasteiger partial charge on any atom is -0.444 e. The fourth-order valence-electron chi connectivity index (χ4n) is 3.84. The van der Waals surface area contributed by atoms with E-state index in [1.807, 2.05) is 39.0 Å². The fraction of sp³-hybridized carbons (Fsp3) is 0.619. The highest BCUT2D eigenvalue weighted by Gasteiger charge is 2.48. The van der Waals surface area contributed by atoms with Crippen LogP contribution in [0.5, 0.6) is 0 Å². The molecule has 26 heavy (non-hydrogen) atoms. The highest BCUT2D eigenvalue weighted by molar-refractivity contribution is 5.92. The van der Waals surface area contributed by atoms with Gasteiger partial charge in [-0.2, -0.15) is 0 Å². The molecule has 2 fully saturated rings.